The van der Waals surface area contributed by atoms with Crippen molar-refractivity contribution in [2.75, 3.05) is 26.4 Å². The Morgan fingerprint density at radius 1 is 0.846 bits per heavy atom. The minimum atomic E-state index is -1.05. The monoisotopic (exact) mass is 372 g/mol. The highest BCUT2D eigenvalue weighted by atomic mass is 16.6. The molecule has 0 unspecified atom stereocenters. The van der Waals surface area contributed by atoms with Gasteiger partial charge in [-0.15, -0.1) is 0 Å². The van der Waals surface area contributed by atoms with Crippen LogP contribution in [0.4, 0.5) is 0 Å². The summed E-state index contributed by atoms with van der Waals surface area (Å²) in [6, 6.07) is 0. The lowest BCUT2D eigenvalue weighted by molar-refractivity contribution is -0.165. The summed E-state index contributed by atoms with van der Waals surface area (Å²) < 4.78 is 19.4. The van der Waals surface area contributed by atoms with Gasteiger partial charge in [0, 0.05) is 11.1 Å². The minimum absolute atomic E-state index is 0.153. The molecule has 26 heavy (non-hydrogen) atoms. The van der Waals surface area contributed by atoms with E-state index in [1.807, 2.05) is 0 Å². The van der Waals surface area contributed by atoms with E-state index in [1.165, 1.54) is 13.8 Å². The lowest BCUT2D eigenvalue weighted by Gasteiger charge is -2.18. The van der Waals surface area contributed by atoms with Crippen LogP contribution in [0.2, 0.25) is 0 Å². The largest absolute Gasteiger partial charge is 0.463 e. The Bertz CT molecular complexity index is 520. The molecule has 0 saturated heterocycles. The van der Waals surface area contributed by atoms with Crippen LogP contribution < -0.4 is 0 Å². The second-order valence-corrected chi connectivity index (χ2v) is 5.31. The first kappa shape index (κ1) is 23.3. The molecule has 0 aromatic heterocycles. The van der Waals surface area contributed by atoms with E-state index >= 15 is 0 Å². The van der Waals surface area contributed by atoms with E-state index in [1.54, 1.807) is 0 Å². The molecular weight excluding hydrogens is 348 g/mol. The van der Waals surface area contributed by atoms with E-state index in [9.17, 15) is 19.2 Å². The second-order valence-electron chi connectivity index (χ2n) is 5.31. The van der Waals surface area contributed by atoms with Gasteiger partial charge in [-0.25, -0.2) is 9.59 Å². The highest BCUT2D eigenvalue weighted by Crippen LogP contribution is 2.05. The molecule has 0 radical (unpaired) electrons. The molecule has 0 rings (SSSR count). The Kier molecular flexibility index (Phi) is 11.3. The van der Waals surface area contributed by atoms with Crippen molar-refractivity contribution in [1.82, 2.24) is 0 Å². The molecule has 0 fully saturated rings. The summed E-state index contributed by atoms with van der Waals surface area (Å²) >= 11 is 0. The standard InChI is InChI=1S/C17H24O9/c1-11(2)16(21)24-9-13(10-25-17(22)12(3)4)26-15(20)6-5-14(19)23-8-7-18/h13,18H,1,3,5-10H2,2,4H3. The van der Waals surface area contributed by atoms with Gasteiger partial charge in [-0.05, 0) is 13.8 Å². The first-order valence-electron chi connectivity index (χ1n) is 7.78. The summed E-state index contributed by atoms with van der Waals surface area (Å²) in [5.74, 6) is -2.82. The summed E-state index contributed by atoms with van der Waals surface area (Å²) in [4.78, 5) is 45.9. The summed E-state index contributed by atoms with van der Waals surface area (Å²) in [6.07, 6.45) is -1.59. The minimum Gasteiger partial charge on any atom is -0.463 e. The quantitative estimate of drug-likeness (QED) is 0.295. The van der Waals surface area contributed by atoms with Gasteiger partial charge in [0.15, 0.2) is 6.10 Å². The first-order chi connectivity index (χ1) is 12.2. The Hall–Kier alpha value is -2.68. The SMILES string of the molecule is C=C(C)C(=O)OCC(COC(=O)C(=C)C)OC(=O)CCC(=O)OCCO. The molecule has 0 amide bonds. The highest BCUT2D eigenvalue weighted by Gasteiger charge is 2.20. The zero-order valence-electron chi connectivity index (χ0n) is 14.9. The maximum absolute atomic E-state index is 11.8. The maximum atomic E-state index is 11.8. The fourth-order valence-electron chi connectivity index (χ4n) is 1.38. The highest BCUT2D eigenvalue weighted by molar-refractivity contribution is 5.87. The maximum Gasteiger partial charge on any atom is 0.333 e. The van der Waals surface area contributed by atoms with Gasteiger partial charge in [-0.1, -0.05) is 13.2 Å². The predicted molar refractivity (Wildman–Crippen MR) is 88.7 cm³/mol. The molecule has 146 valence electrons. The van der Waals surface area contributed by atoms with E-state index in [4.69, 9.17) is 19.3 Å². The molecule has 0 heterocycles. The fraction of sp³-hybridized carbons (Fsp3) is 0.529. The van der Waals surface area contributed by atoms with Crippen LogP contribution in [0.5, 0.6) is 0 Å². The van der Waals surface area contributed by atoms with Crippen LogP contribution in [-0.4, -0.2) is 61.5 Å². The molecule has 0 aromatic carbocycles. The second kappa shape index (κ2) is 12.6. The van der Waals surface area contributed by atoms with Crippen molar-refractivity contribution >= 4 is 23.9 Å². The van der Waals surface area contributed by atoms with Crippen LogP contribution in [0, 0.1) is 0 Å². The Balaban J connectivity index is 4.56. The Labute approximate surface area is 151 Å². The van der Waals surface area contributed by atoms with Gasteiger partial charge in [0.25, 0.3) is 0 Å². The molecular formula is C17H24O9. The van der Waals surface area contributed by atoms with Crippen LogP contribution in [0.25, 0.3) is 0 Å². The average Bonchev–Trinajstić information content (AvgIpc) is 2.59. The summed E-state index contributed by atoms with van der Waals surface area (Å²) in [5, 5.41) is 8.53. The summed E-state index contributed by atoms with van der Waals surface area (Å²) in [5.41, 5.74) is 0.307. The van der Waals surface area contributed by atoms with Crippen molar-refractivity contribution in [3.8, 4) is 0 Å². The van der Waals surface area contributed by atoms with Crippen LogP contribution in [0.3, 0.4) is 0 Å². The number of aliphatic hydroxyl groups is 1. The molecule has 0 aliphatic carbocycles. The molecule has 0 aromatic rings. The fourth-order valence-corrected chi connectivity index (χ4v) is 1.38. The molecule has 9 nitrogen and oxygen atoms in total. The van der Waals surface area contributed by atoms with Crippen LogP contribution >= 0.6 is 0 Å². The van der Waals surface area contributed by atoms with Crippen molar-refractivity contribution in [3.05, 3.63) is 24.3 Å². The van der Waals surface area contributed by atoms with Crippen molar-refractivity contribution in [2.24, 2.45) is 0 Å². The smallest absolute Gasteiger partial charge is 0.333 e. The van der Waals surface area contributed by atoms with Crippen molar-refractivity contribution < 1.29 is 43.2 Å². The van der Waals surface area contributed by atoms with E-state index in [-0.39, 0.29) is 50.4 Å². The lowest BCUT2D eigenvalue weighted by Crippen LogP contribution is -2.31. The molecule has 0 aliphatic heterocycles. The molecule has 0 bridgehead atoms. The Morgan fingerprint density at radius 3 is 1.73 bits per heavy atom. The third-order valence-electron chi connectivity index (χ3n) is 2.68. The van der Waals surface area contributed by atoms with Gasteiger partial charge in [0.05, 0.1) is 19.4 Å². The summed E-state index contributed by atoms with van der Waals surface area (Å²) in [6.45, 7) is 8.54. The van der Waals surface area contributed by atoms with Gasteiger partial charge in [-0.2, -0.15) is 0 Å². The van der Waals surface area contributed by atoms with E-state index in [0.717, 1.165) is 0 Å². The number of carbonyl (C=O) groups is 4. The van der Waals surface area contributed by atoms with Crippen molar-refractivity contribution in [3.63, 3.8) is 0 Å². The van der Waals surface area contributed by atoms with Gasteiger partial charge in [0.2, 0.25) is 0 Å². The van der Waals surface area contributed by atoms with Gasteiger partial charge in [-0.3, -0.25) is 9.59 Å². The van der Waals surface area contributed by atoms with Gasteiger partial charge in [0.1, 0.15) is 19.8 Å². The molecule has 0 atom stereocenters. The van der Waals surface area contributed by atoms with Gasteiger partial charge < -0.3 is 24.1 Å². The molecule has 0 aliphatic rings. The number of carbonyl (C=O) groups excluding carboxylic acids is 4. The normalized spacial score (nSPS) is 10.0. The molecule has 1 N–H and O–H groups in total. The zero-order valence-corrected chi connectivity index (χ0v) is 14.9. The topological polar surface area (TPSA) is 125 Å². The number of hydrogen-bond acceptors (Lipinski definition) is 9. The van der Waals surface area contributed by atoms with Gasteiger partial charge >= 0.3 is 23.9 Å². The number of ether oxygens (including phenoxy) is 4. The number of aliphatic hydroxyl groups excluding tert-OH is 1. The lowest BCUT2D eigenvalue weighted by atomic mass is 10.3. The van der Waals surface area contributed by atoms with Crippen LogP contribution in [0.1, 0.15) is 26.7 Å². The predicted octanol–water partition coefficient (Wildman–Crippen LogP) is 0.452. The third-order valence-corrected chi connectivity index (χ3v) is 2.68. The summed E-state index contributed by atoms with van der Waals surface area (Å²) in [7, 11) is 0. The number of esters is 4. The van der Waals surface area contributed by atoms with E-state index in [2.05, 4.69) is 17.9 Å². The molecule has 0 saturated carbocycles. The third kappa shape index (κ3) is 11.0. The van der Waals surface area contributed by atoms with Crippen LogP contribution in [0.15, 0.2) is 24.3 Å². The van der Waals surface area contributed by atoms with Crippen molar-refractivity contribution in [2.45, 2.75) is 32.8 Å². The van der Waals surface area contributed by atoms with E-state index < -0.39 is 30.0 Å². The Morgan fingerprint density at radius 2 is 1.31 bits per heavy atom. The van der Waals surface area contributed by atoms with Crippen LogP contribution in [-0.2, 0) is 38.1 Å². The number of rotatable bonds is 12. The number of hydrogen-bond donors (Lipinski definition) is 1. The zero-order chi connectivity index (χ0) is 20.1. The average molecular weight is 372 g/mol. The molecule has 9 heteroatoms. The van der Waals surface area contributed by atoms with Crippen molar-refractivity contribution in [1.29, 1.82) is 0 Å². The molecule has 0 spiro atoms. The van der Waals surface area contributed by atoms with E-state index in [0.29, 0.717) is 0 Å². The first-order valence-corrected chi connectivity index (χ1v) is 7.78.